The Labute approximate surface area is 84.9 Å². The van der Waals surface area contributed by atoms with Gasteiger partial charge in [-0.2, -0.15) is 0 Å². The molecule has 0 N–H and O–H groups in total. The highest BCUT2D eigenvalue weighted by molar-refractivity contribution is 5.38. The third-order valence-electron chi connectivity index (χ3n) is 2.28. The standard InChI is InChI=1S/C12H17FO/c1-4-5-11-8-10(9(2)13)6-7-12(11)14-3/h6-9H,4-5H2,1-3H3. The van der Waals surface area contributed by atoms with Gasteiger partial charge in [-0.1, -0.05) is 19.4 Å². The van der Waals surface area contributed by atoms with Gasteiger partial charge in [0.2, 0.25) is 0 Å². The van der Waals surface area contributed by atoms with Crippen LogP contribution in [0.2, 0.25) is 0 Å². The minimum Gasteiger partial charge on any atom is -0.496 e. The van der Waals surface area contributed by atoms with Gasteiger partial charge in [-0.05, 0) is 36.6 Å². The van der Waals surface area contributed by atoms with Gasteiger partial charge in [-0.3, -0.25) is 0 Å². The molecule has 1 aromatic carbocycles. The van der Waals surface area contributed by atoms with Crippen molar-refractivity contribution in [2.45, 2.75) is 32.9 Å². The largest absolute Gasteiger partial charge is 0.496 e. The lowest BCUT2D eigenvalue weighted by atomic mass is 10.0. The molecular weight excluding hydrogens is 179 g/mol. The van der Waals surface area contributed by atoms with Gasteiger partial charge < -0.3 is 4.74 Å². The van der Waals surface area contributed by atoms with Crippen LogP contribution in [0.25, 0.3) is 0 Å². The minimum absolute atomic E-state index is 0.731. The van der Waals surface area contributed by atoms with Gasteiger partial charge in [0.15, 0.2) is 0 Å². The van der Waals surface area contributed by atoms with Crippen LogP contribution >= 0.6 is 0 Å². The first-order valence-electron chi connectivity index (χ1n) is 5.00. The molecule has 0 aliphatic heterocycles. The molecule has 0 fully saturated rings. The molecule has 1 unspecified atom stereocenters. The average Bonchev–Trinajstić information content (AvgIpc) is 2.18. The van der Waals surface area contributed by atoms with E-state index in [9.17, 15) is 4.39 Å². The van der Waals surface area contributed by atoms with E-state index in [-0.39, 0.29) is 0 Å². The predicted molar refractivity (Wildman–Crippen MR) is 56.5 cm³/mol. The zero-order valence-electron chi connectivity index (χ0n) is 9.01. The highest BCUT2D eigenvalue weighted by Crippen LogP contribution is 2.25. The molecule has 1 rings (SSSR count). The number of halogens is 1. The molecule has 1 atom stereocenters. The van der Waals surface area contributed by atoms with Crippen molar-refractivity contribution >= 4 is 0 Å². The summed E-state index contributed by atoms with van der Waals surface area (Å²) in [6.45, 7) is 3.66. The molecule has 0 saturated heterocycles. The van der Waals surface area contributed by atoms with Crippen LogP contribution in [0.4, 0.5) is 4.39 Å². The van der Waals surface area contributed by atoms with Crippen LogP contribution < -0.4 is 4.74 Å². The second-order valence-electron chi connectivity index (χ2n) is 3.44. The second kappa shape index (κ2) is 4.99. The molecule has 0 amide bonds. The van der Waals surface area contributed by atoms with E-state index in [2.05, 4.69) is 6.92 Å². The lowest BCUT2D eigenvalue weighted by Crippen LogP contribution is -1.94. The Bertz CT molecular complexity index is 294. The number of alkyl halides is 1. The first kappa shape index (κ1) is 11.0. The first-order chi connectivity index (χ1) is 6.69. The van der Waals surface area contributed by atoms with Crippen molar-refractivity contribution in [3.05, 3.63) is 29.3 Å². The van der Waals surface area contributed by atoms with E-state index in [4.69, 9.17) is 4.74 Å². The smallest absolute Gasteiger partial charge is 0.122 e. The third kappa shape index (κ3) is 2.47. The lowest BCUT2D eigenvalue weighted by Gasteiger charge is -2.10. The normalized spacial score (nSPS) is 12.6. The van der Waals surface area contributed by atoms with Gasteiger partial charge in [0.25, 0.3) is 0 Å². The Kier molecular flexibility index (Phi) is 3.93. The van der Waals surface area contributed by atoms with Crippen molar-refractivity contribution in [1.29, 1.82) is 0 Å². The lowest BCUT2D eigenvalue weighted by molar-refractivity contribution is 0.372. The molecule has 0 saturated carbocycles. The Morgan fingerprint density at radius 3 is 2.64 bits per heavy atom. The Morgan fingerprint density at radius 1 is 1.43 bits per heavy atom. The summed E-state index contributed by atoms with van der Waals surface area (Å²) in [5, 5.41) is 0. The molecule has 0 aliphatic rings. The van der Waals surface area contributed by atoms with Crippen molar-refractivity contribution in [2.75, 3.05) is 7.11 Å². The molecule has 0 bridgehead atoms. The van der Waals surface area contributed by atoms with Gasteiger partial charge in [0.05, 0.1) is 7.11 Å². The number of aryl methyl sites for hydroxylation is 1. The number of methoxy groups -OCH3 is 1. The fraction of sp³-hybridized carbons (Fsp3) is 0.500. The van der Waals surface area contributed by atoms with Crippen molar-refractivity contribution < 1.29 is 9.13 Å². The van der Waals surface area contributed by atoms with Crippen molar-refractivity contribution in [3.8, 4) is 5.75 Å². The molecule has 0 radical (unpaired) electrons. The first-order valence-corrected chi connectivity index (χ1v) is 5.00. The molecular formula is C12H17FO. The monoisotopic (exact) mass is 196 g/mol. The summed E-state index contributed by atoms with van der Waals surface area (Å²) in [5.41, 5.74) is 1.83. The fourth-order valence-corrected chi connectivity index (χ4v) is 1.51. The Hall–Kier alpha value is -1.05. The van der Waals surface area contributed by atoms with Crippen LogP contribution in [-0.2, 0) is 6.42 Å². The molecule has 1 aromatic rings. The number of hydrogen-bond acceptors (Lipinski definition) is 1. The van der Waals surface area contributed by atoms with E-state index < -0.39 is 6.17 Å². The topological polar surface area (TPSA) is 9.23 Å². The van der Waals surface area contributed by atoms with Crippen LogP contribution in [0, 0.1) is 0 Å². The van der Waals surface area contributed by atoms with E-state index >= 15 is 0 Å². The number of hydrogen-bond donors (Lipinski definition) is 0. The van der Waals surface area contributed by atoms with Crippen LogP contribution in [0.1, 0.15) is 37.6 Å². The van der Waals surface area contributed by atoms with E-state index in [1.54, 1.807) is 20.1 Å². The summed E-state index contributed by atoms with van der Waals surface area (Å²) < 4.78 is 18.3. The van der Waals surface area contributed by atoms with E-state index in [0.29, 0.717) is 0 Å². The number of benzene rings is 1. The van der Waals surface area contributed by atoms with Gasteiger partial charge in [-0.25, -0.2) is 4.39 Å². The highest BCUT2D eigenvalue weighted by Gasteiger charge is 2.07. The maximum Gasteiger partial charge on any atom is 0.122 e. The number of rotatable bonds is 4. The van der Waals surface area contributed by atoms with E-state index in [1.165, 1.54) is 0 Å². The highest BCUT2D eigenvalue weighted by atomic mass is 19.1. The molecule has 0 heterocycles. The predicted octanol–water partition coefficient (Wildman–Crippen LogP) is 3.68. The van der Waals surface area contributed by atoms with E-state index in [0.717, 1.165) is 29.7 Å². The van der Waals surface area contributed by atoms with E-state index in [1.807, 2.05) is 12.1 Å². The van der Waals surface area contributed by atoms with Gasteiger partial charge in [0.1, 0.15) is 11.9 Å². The summed E-state index contributed by atoms with van der Waals surface area (Å²) in [7, 11) is 1.65. The summed E-state index contributed by atoms with van der Waals surface area (Å²) in [6, 6.07) is 5.52. The molecule has 14 heavy (non-hydrogen) atoms. The summed E-state index contributed by atoms with van der Waals surface area (Å²) in [4.78, 5) is 0. The van der Waals surface area contributed by atoms with Crippen LogP contribution in [0.5, 0.6) is 5.75 Å². The SMILES string of the molecule is CCCc1cc(C(C)F)ccc1OC. The summed E-state index contributed by atoms with van der Waals surface area (Å²) >= 11 is 0. The van der Waals surface area contributed by atoms with Crippen molar-refractivity contribution in [3.63, 3.8) is 0 Å². The Balaban J connectivity index is 3.01. The zero-order chi connectivity index (χ0) is 10.6. The molecule has 0 aliphatic carbocycles. The molecule has 2 heteroatoms. The van der Waals surface area contributed by atoms with Crippen LogP contribution in [0.3, 0.4) is 0 Å². The van der Waals surface area contributed by atoms with Crippen LogP contribution in [0.15, 0.2) is 18.2 Å². The van der Waals surface area contributed by atoms with Gasteiger partial charge in [-0.15, -0.1) is 0 Å². The zero-order valence-corrected chi connectivity index (χ0v) is 9.01. The minimum atomic E-state index is -0.906. The number of ether oxygens (including phenoxy) is 1. The average molecular weight is 196 g/mol. The quantitative estimate of drug-likeness (QED) is 0.713. The summed E-state index contributed by atoms with van der Waals surface area (Å²) in [6.07, 6.45) is 1.07. The van der Waals surface area contributed by atoms with Gasteiger partial charge >= 0.3 is 0 Å². The third-order valence-corrected chi connectivity index (χ3v) is 2.28. The van der Waals surface area contributed by atoms with Gasteiger partial charge in [0, 0.05) is 0 Å². The summed E-state index contributed by atoms with van der Waals surface area (Å²) in [5.74, 6) is 0.858. The maximum atomic E-state index is 13.0. The molecule has 1 nitrogen and oxygen atoms in total. The Morgan fingerprint density at radius 2 is 2.14 bits per heavy atom. The molecule has 0 spiro atoms. The van der Waals surface area contributed by atoms with Crippen LogP contribution in [-0.4, -0.2) is 7.11 Å². The molecule has 78 valence electrons. The second-order valence-corrected chi connectivity index (χ2v) is 3.44. The van der Waals surface area contributed by atoms with Crippen molar-refractivity contribution in [2.24, 2.45) is 0 Å². The molecule has 0 aromatic heterocycles. The maximum absolute atomic E-state index is 13.0. The fourth-order valence-electron chi connectivity index (χ4n) is 1.51. The van der Waals surface area contributed by atoms with Crippen molar-refractivity contribution in [1.82, 2.24) is 0 Å².